The van der Waals surface area contributed by atoms with Crippen molar-refractivity contribution in [2.75, 3.05) is 19.8 Å². The van der Waals surface area contributed by atoms with Crippen molar-refractivity contribution in [1.82, 2.24) is 10.2 Å². The molecule has 1 saturated carbocycles. The molecule has 0 aromatic carbocycles. The lowest BCUT2D eigenvalue weighted by molar-refractivity contribution is -0.154. The van der Waals surface area contributed by atoms with Crippen LogP contribution in [0.3, 0.4) is 0 Å². The summed E-state index contributed by atoms with van der Waals surface area (Å²) >= 11 is 0. The minimum Gasteiger partial charge on any atom is -0.377 e. The van der Waals surface area contributed by atoms with Crippen LogP contribution in [0.15, 0.2) is 0 Å². The maximum absolute atomic E-state index is 12.8. The number of nitrogens with one attached hydrogen (secondary N) is 1. The summed E-state index contributed by atoms with van der Waals surface area (Å²) in [6, 6.07) is 1.59. The van der Waals surface area contributed by atoms with Crippen LogP contribution in [0.25, 0.3) is 0 Å². The van der Waals surface area contributed by atoms with E-state index >= 15 is 0 Å². The Morgan fingerprint density at radius 1 is 1.38 bits per heavy atom. The van der Waals surface area contributed by atoms with Crippen molar-refractivity contribution in [3.8, 4) is 6.07 Å². The molecule has 0 radical (unpaired) electrons. The van der Waals surface area contributed by atoms with E-state index in [4.69, 9.17) is 4.74 Å². The molecule has 2 fully saturated rings. The summed E-state index contributed by atoms with van der Waals surface area (Å²) in [5.74, 6) is -0.404. The number of rotatable bonds is 3. The van der Waals surface area contributed by atoms with Gasteiger partial charge in [0.05, 0.1) is 19.3 Å². The number of hydrogen-bond acceptors (Lipinski definition) is 4. The number of ether oxygens (including phenoxy) is 1. The number of amides is 2. The van der Waals surface area contributed by atoms with E-state index < -0.39 is 11.5 Å². The second kappa shape index (κ2) is 6.44. The van der Waals surface area contributed by atoms with Gasteiger partial charge in [0.15, 0.2) is 0 Å². The molecule has 1 aliphatic carbocycles. The number of hydrogen-bond donors (Lipinski definition) is 1. The second-order valence-electron chi connectivity index (χ2n) is 6.15. The molecule has 1 unspecified atom stereocenters. The minimum atomic E-state index is -0.937. The Hall–Kier alpha value is -1.61. The van der Waals surface area contributed by atoms with Crippen molar-refractivity contribution in [2.24, 2.45) is 5.41 Å². The predicted molar refractivity (Wildman–Crippen MR) is 76.1 cm³/mol. The van der Waals surface area contributed by atoms with Crippen LogP contribution in [0.2, 0.25) is 0 Å². The van der Waals surface area contributed by atoms with Gasteiger partial charge in [0.25, 0.3) is 0 Å². The van der Waals surface area contributed by atoms with E-state index in [1.165, 1.54) is 0 Å². The number of nitrogens with zero attached hydrogens (tertiary/aromatic N) is 2. The Kier molecular flexibility index (Phi) is 4.84. The van der Waals surface area contributed by atoms with Crippen molar-refractivity contribution in [3.05, 3.63) is 0 Å². The molecule has 2 amide bonds. The molecule has 2 aliphatic rings. The van der Waals surface area contributed by atoms with E-state index in [1.54, 1.807) is 4.90 Å². The van der Waals surface area contributed by atoms with Gasteiger partial charge in [-0.15, -0.1) is 0 Å². The standard InChI is InChI=1S/C15H23N3O3/c1-11(2)17-13(19)12-9-21-8-7-18(12)14(20)15(10-16)5-3-4-6-15/h11-12H,3-9H2,1-2H3,(H,17,19). The lowest BCUT2D eigenvalue weighted by Gasteiger charge is -2.38. The first-order valence-corrected chi connectivity index (χ1v) is 7.60. The van der Waals surface area contributed by atoms with Crippen molar-refractivity contribution in [2.45, 2.75) is 51.6 Å². The number of carbonyl (C=O) groups excluding carboxylic acids is 2. The average Bonchev–Trinajstić information content (AvgIpc) is 2.96. The van der Waals surface area contributed by atoms with Gasteiger partial charge in [-0.3, -0.25) is 9.59 Å². The summed E-state index contributed by atoms with van der Waals surface area (Å²) in [4.78, 5) is 26.6. The number of carbonyl (C=O) groups is 2. The average molecular weight is 293 g/mol. The van der Waals surface area contributed by atoms with Crippen LogP contribution < -0.4 is 5.32 Å². The Morgan fingerprint density at radius 3 is 2.62 bits per heavy atom. The van der Waals surface area contributed by atoms with Gasteiger partial charge < -0.3 is 15.0 Å². The summed E-state index contributed by atoms with van der Waals surface area (Å²) < 4.78 is 5.36. The van der Waals surface area contributed by atoms with Crippen molar-refractivity contribution in [3.63, 3.8) is 0 Å². The third-order valence-corrected chi connectivity index (χ3v) is 4.20. The fraction of sp³-hybridized carbons (Fsp3) is 0.800. The summed E-state index contributed by atoms with van der Waals surface area (Å²) in [5.41, 5.74) is -0.937. The van der Waals surface area contributed by atoms with Crippen LogP contribution in [-0.2, 0) is 14.3 Å². The maximum Gasteiger partial charge on any atom is 0.245 e. The van der Waals surface area contributed by atoms with Gasteiger partial charge in [-0.05, 0) is 26.7 Å². The van der Waals surface area contributed by atoms with Crippen molar-refractivity contribution in [1.29, 1.82) is 5.26 Å². The Labute approximate surface area is 125 Å². The molecule has 0 bridgehead atoms. The molecule has 0 spiro atoms. The quantitative estimate of drug-likeness (QED) is 0.835. The molecule has 2 rings (SSSR count). The lowest BCUT2D eigenvalue weighted by atomic mass is 9.85. The van der Waals surface area contributed by atoms with E-state index in [1.807, 2.05) is 13.8 Å². The Morgan fingerprint density at radius 2 is 2.05 bits per heavy atom. The highest BCUT2D eigenvalue weighted by Crippen LogP contribution is 2.39. The second-order valence-corrected chi connectivity index (χ2v) is 6.15. The van der Waals surface area contributed by atoms with Crippen LogP contribution in [0.4, 0.5) is 0 Å². The molecule has 1 heterocycles. The van der Waals surface area contributed by atoms with Crippen molar-refractivity contribution < 1.29 is 14.3 Å². The lowest BCUT2D eigenvalue weighted by Crippen LogP contribution is -2.59. The highest BCUT2D eigenvalue weighted by atomic mass is 16.5. The maximum atomic E-state index is 12.8. The van der Waals surface area contributed by atoms with Gasteiger partial charge in [0, 0.05) is 12.6 Å². The number of morpholine rings is 1. The molecule has 116 valence electrons. The van der Waals surface area contributed by atoms with Crippen LogP contribution in [0.1, 0.15) is 39.5 Å². The zero-order valence-electron chi connectivity index (χ0n) is 12.7. The fourth-order valence-corrected chi connectivity index (χ4v) is 3.07. The molecule has 1 N–H and O–H groups in total. The van der Waals surface area contributed by atoms with Crippen LogP contribution in [-0.4, -0.2) is 48.6 Å². The number of nitriles is 1. The fourth-order valence-electron chi connectivity index (χ4n) is 3.07. The van der Waals surface area contributed by atoms with E-state index in [2.05, 4.69) is 11.4 Å². The zero-order valence-corrected chi connectivity index (χ0v) is 12.7. The van der Waals surface area contributed by atoms with Gasteiger partial charge in [0.2, 0.25) is 11.8 Å². The van der Waals surface area contributed by atoms with Gasteiger partial charge in [0.1, 0.15) is 11.5 Å². The highest BCUT2D eigenvalue weighted by Gasteiger charge is 2.47. The molecule has 6 heteroatoms. The van der Waals surface area contributed by atoms with Crippen molar-refractivity contribution >= 4 is 11.8 Å². The third-order valence-electron chi connectivity index (χ3n) is 4.20. The topological polar surface area (TPSA) is 82.4 Å². The minimum absolute atomic E-state index is 0.00721. The molecule has 1 saturated heterocycles. The van der Waals surface area contributed by atoms with Crippen LogP contribution >= 0.6 is 0 Å². The largest absolute Gasteiger partial charge is 0.377 e. The van der Waals surface area contributed by atoms with Gasteiger partial charge in [-0.2, -0.15) is 5.26 Å². The normalized spacial score (nSPS) is 24.7. The molecule has 0 aromatic heterocycles. The molecule has 21 heavy (non-hydrogen) atoms. The van der Waals surface area contributed by atoms with E-state index in [0.29, 0.717) is 26.0 Å². The summed E-state index contributed by atoms with van der Waals surface area (Å²) in [6.07, 6.45) is 2.98. The van der Waals surface area contributed by atoms with Gasteiger partial charge >= 0.3 is 0 Å². The Bertz CT molecular complexity index is 450. The van der Waals surface area contributed by atoms with E-state index in [0.717, 1.165) is 12.8 Å². The Balaban J connectivity index is 2.16. The monoisotopic (exact) mass is 293 g/mol. The van der Waals surface area contributed by atoms with Gasteiger partial charge in [-0.1, -0.05) is 12.8 Å². The van der Waals surface area contributed by atoms with Gasteiger partial charge in [-0.25, -0.2) is 0 Å². The summed E-state index contributed by atoms with van der Waals surface area (Å²) in [6.45, 7) is 4.74. The molecular formula is C15H23N3O3. The first-order chi connectivity index (χ1) is 10.00. The SMILES string of the molecule is CC(C)NC(=O)C1COCCN1C(=O)C1(C#N)CCCC1. The zero-order chi connectivity index (χ0) is 15.5. The molecule has 6 nitrogen and oxygen atoms in total. The molecule has 1 aliphatic heterocycles. The van der Waals surface area contributed by atoms with Crippen LogP contribution in [0.5, 0.6) is 0 Å². The predicted octanol–water partition coefficient (Wildman–Crippen LogP) is 0.822. The first-order valence-electron chi connectivity index (χ1n) is 7.60. The molecular weight excluding hydrogens is 270 g/mol. The highest BCUT2D eigenvalue weighted by molar-refractivity contribution is 5.92. The van der Waals surface area contributed by atoms with E-state index in [9.17, 15) is 14.9 Å². The summed E-state index contributed by atoms with van der Waals surface area (Å²) in [7, 11) is 0. The van der Waals surface area contributed by atoms with E-state index in [-0.39, 0.29) is 24.5 Å². The first kappa shape index (κ1) is 15.8. The molecule has 0 aromatic rings. The van der Waals surface area contributed by atoms with Crippen LogP contribution in [0, 0.1) is 16.7 Å². The smallest absolute Gasteiger partial charge is 0.245 e. The third kappa shape index (κ3) is 3.18. The molecule has 1 atom stereocenters. The summed E-state index contributed by atoms with van der Waals surface area (Å²) in [5, 5.41) is 12.3.